The number of anilines is 1. The number of aliphatic hydroxyl groups is 1. The van der Waals surface area contributed by atoms with E-state index in [1.807, 2.05) is 26.0 Å². The van der Waals surface area contributed by atoms with Crippen LogP contribution in [-0.2, 0) is 17.6 Å². The summed E-state index contributed by atoms with van der Waals surface area (Å²) in [6, 6.07) is 9.30. The summed E-state index contributed by atoms with van der Waals surface area (Å²) in [6.45, 7) is 3.95. The van der Waals surface area contributed by atoms with Gasteiger partial charge < -0.3 is 30.8 Å². The third-order valence-corrected chi connectivity index (χ3v) is 4.57. The molecular formula is C22H29ClN3O4-. The first kappa shape index (κ1) is 25.3. The van der Waals surface area contributed by atoms with E-state index in [9.17, 15) is 15.0 Å². The molecule has 0 amide bonds. The fourth-order valence-corrected chi connectivity index (χ4v) is 3.16. The summed E-state index contributed by atoms with van der Waals surface area (Å²) in [7, 11) is 0. The number of nitrogen functional groups attached to an aromatic ring is 1. The summed E-state index contributed by atoms with van der Waals surface area (Å²) in [5.74, 6) is -0.877. The standard InChI is InChI=1S/C22H29N3O4.ClH/c1-3-5-16-12-14(4-2)13-18(20(16)29-11-10-26)19(22(27)28)25-17-8-6-15(7-9-17)21(23)24;/h6-9,12-13,19,25-26H,3-5,10-11H2,1-2H3,(H3,23,24)(H,27,28);1H/p-1. The molecule has 0 saturated heterocycles. The molecule has 7 nitrogen and oxygen atoms in total. The van der Waals surface area contributed by atoms with Crippen LogP contribution in [-0.4, -0.2) is 30.1 Å². The second kappa shape index (κ2) is 12.0. The maximum Gasteiger partial charge on any atom is 0.128 e. The average molecular weight is 435 g/mol. The number of hydrogen-bond acceptors (Lipinski definition) is 6. The molecule has 5 N–H and O–H groups in total. The minimum Gasteiger partial charge on any atom is -0.548 e. The van der Waals surface area contributed by atoms with Crippen LogP contribution in [0.25, 0.3) is 0 Å². The number of carboxylic acid groups (broad SMARTS) is 1. The topological polar surface area (TPSA) is 131 Å². The molecule has 0 bridgehead atoms. The lowest BCUT2D eigenvalue weighted by Gasteiger charge is -2.26. The Hall–Kier alpha value is -2.77. The van der Waals surface area contributed by atoms with Gasteiger partial charge in [-0.3, -0.25) is 5.41 Å². The lowest BCUT2D eigenvalue weighted by atomic mass is 9.95. The predicted molar refractivity (Wildman–Crippen MR) is 118 cm³/mol. The van der Waals surface area contributed by atoms with Gasteiger partial charge in [-0.05, 0) is 54.3 Å². The molecule has 0 spiro atoms. The number of ether oxygens (including phenoxy) is 1. The van der Waals surface area contributed by atoms with Crippen molar-refractivity contribution in [3.8, 4) is 5.75 Å². The van der Waals surface area contributed by atoms with Crippen LogP contribution in [0.3, 0.4) is 0 Å². The van der Waals surface area contributed by atoms with Gasteiger partial charge in [0.2, 0.25) is 0 Å². The van der Waals surface area contributed by atoms with Crippen LogP contribution in [0.2, 0.25) is 0 Å². The normalized spacial score (nSPS) is 11.3. The number of carboxylic acids is 1. The molecule has 1 unspecified atom stereocenters. The highest BCUT2D eigenvalue weighted by atomic mass is 35.5. The first-order valence-corrected chi connectivity index (χ1v) is 9.72. The number of rotatable bonds is 11. The van der Waals surface area contributed by atoms with E-state index < -0.39 is 12.0 Å². The van der Waals surface area contributed by atoms with E-state index >= 15 is 0 Å². The fourth-order valence-electron chi connectivity index (χ4n) is 3.16. The van der Waals surface area contributed by atoms with Crippen LogP contribution in [0.4, 0.5) is 5.69 Å². The monoisotopic (exact) mass is 434 g/mol. The maximum absolute atomic E-state index is 12.0. The Bertz CT molecular complexity index is 856. The number of benzene rings is 2. The van der Waals surface area contributed by atoms with Crippen molar-refractivity contribution in [2.24, 2.45) is 5.73 Å². The van der Waals surface area contributed by atoms with Crippen LogP contribution in [0.15, 0.2) is 36.4 Å². The summed E-state index contributed by atoms with van der Waals surface area (Å²) in [4.78, 5) is 12.0. The van der Waals surface area contributed by atoms with Crippen molar-refractivity contribution >= 4 is 29.9 Å². The van der Waals surface area contributed by atoms with Crippen LogP contribution in [0, 0.1) is 5.41 Å². The highest BCUT2D eigenvalue weighted by Gasteiger charge is 2.21. The Labute approximate surface area is 183 Å². The molecule has 2 aromatic carbocycles. The summed E-state index contributed by atoms with van der Waals surface area (Å²) in [5, 5.41) is 31.7. The largest absolute Gasteiger partial charge is 0.548 e. The van der Waals surface area contributed by atoms with Gasteiger partial charge in [0, 0.05) is 16.8 Å². The molecule has 1 atom stereocenters. The van der Waals surface area contributed by atoms with Crippen LogP contribution >= 0.6 is 12.4 Å². The molecule has 0 radical (unpaired) electrons. The molecule has 2 aromatic rings. The zero-order chi connectivity index (χ0) is 21.4. The number of carbonyl (C=O) groups excluding carboxylic acids is 1. The van der Waals surface area contributed by atoms with Crippen molar-refractivity contribution in [3.63, 3.8) is 0 Å². The Balaban J connectivity index is 0.00000450. The average Bonchev–Trinajstić information content (AvgIpc) is 2.71. The molecule has 164 valence electrons. The quantitative estimate of drug-likeness (QED) is 0.316. The third kappa shape index (κ3) is 6.37. The van der Waals surface area contributed by atoms with Crippen molar-refractivity contribution in [3.05, 3.63) is 58.7 Å². The van der Waals surface area contributed by atoms with Crippen LogP contribution < -0.4 is 20.9 Å². The van der Waals surface area contributed by atoms with Gasteiger partial charge in [-0.25, -0.2) is 0 Å². The van der Waals surface area contributed by atoms with Crippen molar-refractivity contribution in [1.82, 2.24) is 0 Å². The Morgan fingerprint density at radius 1 is 1.27 bits per heavy atom. The van der Waals surface area contributed by atoms with Gasteiger partial charge in [-0.1, -0.05) is 26.3 Å². The predicted octanol–water partition coefficient (Wildman–Crippen LogP) is 2.18. The molecular weight excluding hydrogens is 406 g/mol. The molecule has 0 aliphatic heterocycles. The van der Waals surface area contributed by atoms with Gasteiger partial charge in [-0.2, -0.15) is 0 Å². The van der Waals surface area contributed by atoms with Crippen molar-refractivity contribution in [1.29, 1.82) is 5.41 Å². The minimum atomic E-state index is -1.29. The van der Waals surface area contributed by atoms with Crippen molar-refractivity contribution < 1.29 is 19.7 Å². The van der Waals surface area contributed by atoms with Gasteiger partial charge in [0.05, 0.1) is 18.6 Å². The highest BCUT2D eigenvalue weighted by Crippen LogP contribution is 2.34. The number of amidine groups is 1. The van der Waals surface area contributed by atoms with Gasteiger partial charge in [0.1, 0.15) is 18.2 Å². The molecule has 0 aliphatic carbocycles. The smallest absolute Gasteiger partial charge is 0.128 e. The van der Waals surface area contributed by atoms with Crippen LogP contribution in [0.5, 0.6) is 5.75 Å². The fraction of sp³-hybridized carbons (Fsp3) is 0.364. The van der Waals surface area contributed by atoms with E-state index in [1.54, 1.807) is 24.3 Å². The number of carbonyl (C=O) groups is 1. The summed E-state index contributed by atoms with van der Waals surface area (Å²) in [5.41, 5.74) is 8.95. The molecule has 0 saturated carbocycles. The molecule has 0 heterocycles. The molecule has 0 aromatic heterocycles. The van der Waals surface area contributed by atoms with Crippen molar-refractivity contribution in [2.45, 2.75) is 39.2 Å². The van der Waals surface area contributed by atoms with Gasteiger partial charge in [0.25, 0.3) is 0 Å². The number of nitrogens with one attached hydrogen (secondary N) is 2. The van der Waals surface area contributed by atoms with Gasteiger partial charge in [0.15, 0.2) is 0 Å². The molecule has 30 heavy (non-hydrogen) atoms. The lowest BCUT2D eigenvalue weighted by molar-refractivity contribution is -0.307. The number of aryl methyl sites for hydroxylation is 2. The van der Waals surface area contributed by atoms with Crippen LogP contribution in [0.1, 0.15) is 48.6 Å². The maximum atomic E-state index is 12.0. The number of nitrogens with two attached hydrogens (primary N) is 1. The second-order valence-electron chi connectivity index (χ2n) is 6.74. The third-order valence-electron chi connectivity index (χ3n) is 4.57. The van der Waals surface area contributed by atoms with Crippen molar-refractivity contribution in [2.75, 3.05) is 18.5 Å². The molecule has 2 rings (SSSR count). The zero-order valence-electron chi connectivity index (χ0n) is 17.2. The Kier molecular flexibility index (Phi) is 10.1. The lowest BCUT2D eigenvalue weighted by Crippen LogP contribution is -2.35. The number of hydrogen-bond donors (Lipinski definition) is 4. The first-order chi connectivity index (χ1) is 13.9. The summed E-state index contributed by atoms with van der Waals surface area (Å²) >= 11 is 0. The second-order valence-corrected chi connectivity index (χ2v) is 6.74. The minimum absolute atomic E-state index is 0. The molecule has 8 heteroatoms. The number of aliphatic hydroxyl groups excluding tert-OH is 1. The summed E-state index contributed by atoms with van der Waals surface area (Å²) in [6.07, 6.45) is 2.35. The Morgan fingerprint density at radius 2 is 1.93 bits per heavy atom. The molecule has 0 fully saturated rings. The SMILES string of the molecule is CCCc1cc(CC)cc(C(Nc2ccc(C(=N)N)cc2)C(=O)[O-])c1OCCO.Cl. The highest BCUT2D eigenvalue weighted by molar-refractivity contribution is 5.95. The first-order valence-electron chi connectivity index (χ1n) is 9.72. The van der Waals surface area contributed by atoms with E-state index in [1.165, 1.54) is 0 Å². The van der Waals surface area contributed by atoms with E-state index in [4.69, 9.17) is 15.9 Å². The van der Waals surface area contributed by atoms with Gasteiger partial charge >= 0.3 is 0 Å². The van der Waals surface area contributed by atoms with E-state index in [-0.39, 0.29) is 31.5 Å². The summed E-state index contributed by atoms with van der Waals surface area (Å²) < 4.78 is 5.76. The number of halogens is 1. The van der Waals surface area contributed by atoms with Gasteiger partial charge in [-0.15, -0.1) is 12.4 Å². The van der Waals surface area contributed by atoms with E-state index in [2.05, 4.69) is 5.32 Å². The zero-order valence-corrected chi connectivity index (χ0v) is 18.1. The van der Waals surface area contributed by atoms with E-state index in [0.717, 1.165) is 30.4 Å². The number of aliphatic carboxylic acids is 1. The molecule has 0 aliphatic rings. The van der Waals surface area contributed by atoms with E-state index in [0.29, 0.717) is 22.6 Å². The Morgan fingerprint density at radius 3 is 2.43 bits per heavy atom.